The van der Waals surface area contributed by atoms with Gasteiger partial charge in [0.2, 0.25) is 0 Å². The van der Waals surface area contributed by atoms with Gasteiger partial charge < -0.3 is 5.32 Å². The normalized spacial score (nSPS) is 10.3. The highest BCUT2D eigenvalue weighted by Crippen LogP contribution is 2.28. The molecule has 17 heavy (non-hydrogen) atoms. The first-order valence-electron chi connectivity index (χ1n) is 4.74. The molecule has 0 unspecified atom stereocenters. The van der Waals surface area contributed by atoms with Crippen molar-refractivity contribution >= 4 is 38.9 Å². The Morgan fingerprint density at radius 2 is 2.35 bits per heavy atom. The number of anilines is 1. The predicted molar refractivity (Wildman–Crippen MR) is 68.9 cm³/mol. The molecule has 2 rings (SSSR count). The smallest absolute Gasteiger partial charge is 0.265 e. The van der Waals surface area contributed by atoms with Crippen molar-refractivity contribution in [2.75, 3.05) is 5.32 Å². The lowest BCUT2D eigenvalue weighted by atomic mass is 10.3. The van der Waals surface area contributed by atoms with Gasteiger partial charge in [-0.15, -0.1) is 11.3 Å². The van der Waals surface area contributed by atoms with Crippen molar-refractivity contribution < 1.29 is 9.18 Å². The van der Waals surface area contributed by atoms with Crippen molar-refractivity contribution in [1.82, 2.24) is 4.98 Å². The van der Waals surface area contributed by atoms with Crippen LogP contribution in [0.15, 0.2) is 28.3 Å². The van der Waals surface area contributed by atoms with Crippen LogP contribution in [0.25, 0.3) is 0 Å². The Bertz CT molecular complexity index is 551. The predicted octanol–water partition coefficient (Wildman–Crippen LogP) is 3.61. The van der Waals surface area contributed by atoms with E-state index in [-0.39, 0.29) is 11.6 Å². The second kappa shape index (κ2) is 4.93. The SMILES string of the molecule is Cc1cc(C(=O)Nc2ccncc2F)sc1Br. The zero-order valence-corrected chi connectivity index (χ0v) is 11.2. The molecule has 3 nitrogen and oxygen atoms in total. The molecule has 2 aromatic rings. The quantitative estimate of drug-likeness (QED) is 0.920. The van der Waals surface area contributed by atoms with Crippen LogP contribution >= 0.6 is 27.3 Å². The molecule has 0 aromatic carbocycles. The molecule has 0 saturated heterocycles. The van der Waals surface area contributed by atoms with Gasteiger partial charge in [0.05, 0.1) is 20.5 Å². The van der Waals surface area contributed by atoms with Crippen LogP contribution in [0.3, 0.4) is 0 Å². The highest BCUT2D eigenvalue weighted by Gasteiger charge is 2.13. The molecular formula is C11H8BrFN2OS. The van der Waals surface area contributed by atoms with Crippen molar-refractivity contribution in [2.45, 2.75) is 6.92 Å². The van der Waals surface area contributed by atoms with E-state index >= 15 is 0 Å². The van der Waals surface area contributed by atoms with E-state index in [2.05, 4.69) is 26.2 Å². The first-order chi connectivity index (χ1) is 8.08. The first kappa shape index (κ1) is 12.2. The molecule has 0 aliphatic heterocycles. The molecule has 6 heteroatoms. The van der Waals surface area contributed by atoms with Crippen LogP contribution in [0.5, 0.6) is 0 Å². The van der Waals surface area contributed by atoms with E-state index < -0.39 is 5.82 Å². The number of hydrogen-bond donors (Lipinski definition) is 1. The molecule has 0 radical (unpaired) electrons. The molecule has 2 heterocycles. The van der Waals surface area contributed by atoms with E-state index in [4.69, 9.17) is 0 Å². The van der Waals surface area contributed by atoms with Gasteiger partial charge in [-0.2, -0.15) is 0 Å². The summed E-state index contributed by atoms with van der Waals surface area (Å²) in [5.41, 5.74) is 1.11. The molecule has 2 aromatic heterocycles. The minimum atomic E-state index is -0.548. The number of aromatic nitrogens is 1. The Morgan fingerprint density at radius 3 is 2.94 bits per heavy atom. The highest BCUT2D eigenvalue weighted by molar-refractivity contribution is 9.11. The summed E-state index contributed by atoms with van der Waals surface area (Å²) in [6.45, 7) is 1.89. The number of nitrogens with zero attached hydrogens (tertiary/aromatic N) is 1. The molecule has 1 amide bonds. The average molecular weight is 315 g/mol. The number of hydrogen-bond acceptors (Lipinski definition) is 3. The number of carbonyl (C=O) groups is 1. The fraction of sp³-hybridized carbons (Fsp3) is 0.0909. The molecule has 1 N–H and O–H groups in total. The van der Waals surface area contributed by atoms with Gasteiger partial charge in [-0.25, -0.2) is 4.39 Å². The number of halogens is 2. The van der Waals surface area contributed by atoms with Gasteiger partial charge in [0.1, 0.15) is 0 Å². The van der Waals surface area contributed by atoms with E-state index in [1.54, 1.807) is 6.07 Å². The summed E-state index contributed by atoms with van der Waals surface area (Å²) in [4.78, 5) is 16.0. The Balaban J connectivity index is 2.20. The second-order valence-electron chi connectivity index (χ2n) is 3.38. The van der Waals surface area contributed by atoms with Gasteiger partial charge in [-0.05, 0) is 40.5 Å². The van der Waals surface area contributed by atoms with Crippen LogP contribution in [-0.2, 0) is 0 Å². The zero-order valence-electron chi connectivity index (χ0n) is 8.83. The maximum Gasteiger partial charge on any atom is 0.265 e. The summed E-state index contributed by atoms with van der Waals surface area (Å²) in [6, 6.07) is 3.17. The number of amides is 1. The lowest BCUT2D eigenvalue weighted by Crippen LogP contribution is -2.11. The molecule has 0 saturated carbocycles. The van der Waals surface area contributed by atoms with Crippen LogP contribution in [0.1, 0.15) is 15.2 Å². The van der Waals surface area contributed by atoms with Gasteiger partial charge in [-0.1, -0.05) is 0 Å². The molecule has 0 spiro atoms. The Hall–Kier alpha value is -1.27. The van der Waals surface area contributed by atoms with Crippen LogP contribution < -0.4 is 5.32 Å². The van der Waals surface area contributed by atoms with E-state index in [1.165, 1.54) is 23.6 Å². The molecular weight excluding hydrogens is 307 g/mol. The van der Waals surface area contributed by atoms with E-state index in [1.807, 2.05) is 6.92 Å². The van der Waals surface area contributed by atoms with Crippen LogP contribution in [0.4, 0.5) is 10.1 Å². The molecule has 0 bridgehead atoms. The molecule has 0 fully saturated rings. The van der Waals surface area contributed by atoms with Gasteiger partial charge in [0, 0.05) is 6.20 Å². The lowest BCUT2D eigenvalue weighted by Gasteiger charge is -2.03. The summed E-state index contributed by atoms with van der Waals surface area (Å²) in [5, 5.41) is 2.50. The Labute approximate surface area is 110 Å². The van der Waals surface area contributed by atoms with E-state index in [0.717, 1.165) is 15.5 Å². The molecule has 0 atom stereocenters. The highest BCUT2D eigenvalue weighted by atomic mass is 79.9. The Kier molecular flexibility index (Phi) is 3.54. The summed E-state index contributed by atoms with van der Waals surface area (Å²) in [7, 11) is 0. The van der Waals surface area contributed by atoms with Gasteiger partial charge >= 0.3 is 0 Å². The maximum absolute atomic E-state index is 13.3. The van der Waals surface area contributed by atoms with Crippen molar-refractivity contribution in [3.8, 4) is 0 Å². The number of nitrogens with one attached hydrogen (secondary N) is 1. The summed E-state index contributed by atoms with van der Waals surface area (Å²) < 4.78 is 14.2. The van der Waals surface area contributed by atoms with Crippen LogP contribution in [0, 0.1) is 12.7 Å². The molecule has 0 aliphatic carbocycles. The van der Waals surface area contributed by atoms with Crippen LogP contribution in [0.2, 0.25) is 0 Å². The summed E-state index contributed by atoms with van der Waals surface area (Å²) in [5.74, 6) is -0.873. The average Bonchev–Trinajstić information content (AvgIpc) is 2.63. The topological polar surface area (TPSA) is 42.0 Å². The van der Waals surface area contributed by atoms with Crippen molar-refractivity contribution in [3.05, 3.63) is 44.6 Å². The zero-order chi connectivity index (χ0) is 12.4. The van der Waals surface area contributed by atoms with Gasteiger partial charge in [0.25, 0.3) is 5.91 Å². The van der Waals surface area contributed by atoms with Crippen molar-refractivity contribution in [2.24, 2.45) is 0 Å². The molecule has 0 aliphatic rings. The van der Waals surface area contributed by atoms with Crippen molar-refractivity contribution in [1.29, 1.82) is 0 Å². The monoisotopic (exact) mass is 314 g/mol. The number of aryl methyl sites for hydroxylation is 1. The van der Waals surface area contributed by atoms with Gasteiger partial charge in [0.15, 0.2) is 5.82 Å². The maximum atomic E-state index is 13.3. The second-order valence-corrected chi connectivity index (χ2v) is 5.75. The Morgan fingerprint density at radius 1 is 1.59 bits per heavy atom. The van der Waals surface area contributed by atoms with E-state index in [0.29, 0.717) is 4.88 Å². The molecule has 88 valence electrons. The third-order valence-electron chi connectivity index (χ3n) is 2.10. The minimum Gasteiger partial charge on any atom is -0.319 e. The summed E-state index contributed by atoms with van der Waals surface area (Å²) in [6.07, 6.45) is 2.49. The van der Waals surface area contributed by atoms with Gasteiger partial charge in [-0.3, -0.25) is 9.78 Å². The number of pyridine rings is 1. The lowest BCUT2D eigenvalue weighted by molar-refractivity contribution is 0.103. The fourth-order valence-corrected chi connectivity index (χ4v) is 2.66. The number of rotatable bonds is 2. The number of carbonyl (C=O) groups excluding carboxylic acids is 1. The number of thiophene rings is 1. The standard InChI is InChI=1S/C11H8BrFN2OS/c1-6-4-9(17-10(6)12)11(16)15-8-2-3-14-5-7(8)13/h2-5H,1H3,(H,14,15,16). The van der Waals surface area contributed by atoms with E-state index in [9.17, 15) is 9.18 Å². The minimum absolute atomic E-state index is 0.132. The third kappa shape index (κ3) is 2.70. The van der Waals surface area contributed by atoms with Crippen molar-refractivity contribution in [3.63, 3.8) is 0 Å². The fourth-order valence-electron chi connectivity index (χ4n) is 1.23. The largest absolute Gasteiger partial charge is 0.319 e. The third-order valence-corrected chi connectivity index (χ3v) is 4.24. The summed E-state index contributed by atoms with van der Waals surface area (Å²) >= 11 is 4.65. The first-order valence-corrected chi connectivity index (χ1v) is 6.35. The van der Waals surface area contributed by atoms with Crippen LogP contribution in [-0.4, -0.2) is 10.9 Å².